The molecule has 0 saturated carbocycles. The van der Waals surface area contributed by atoms with Gasteiger partial charge in [0.15, 0.2) is 0 Å². The van der Waals surface area contributed by atoms with Crippen molar-refractivity contribution in [2.24, 2.45) is 0 Å². The number of amides is 1. The van der Waals surface area contributed by atoms with E-state index in [2.05, 4.69) is 25.8 Å². The fraction of sp³-hybridized carbons (Fsp3) is 0.353. The number of hydrogen-bond acceptors (Lipinski definition) is 7. The minimum Gasteiger partial charge on any atom is -0.352 e. The van der Waals surface area contributed by atoms with E-state index in [1.54, 1.807) is 24.4 Å². The van der Waals surface area contributed by atoms with E-state index < -0.39 is 10.0 Å². The molecule has 1 aromatic carbocycles. The first-order valence-corrected chi connectivity index (χ1v) is 10.8. The zero-order valence-electron chi connectivity index (χ0n) is 15.3. The Morgan fingerprint density at radius 2 is 2.17 bits per heavy atom. The molecule has 0 unspecified atom stereocenters. The summed E-state index contributed by atoms with van der Waals surface area (Å²) in [6.45, 7) is 0.882. The minimum atomic E-state index is -3.77. The second-order valence-electron chi connectivity index (χ2n) is 6.71. The highest BCUT2D eigenvalue weighted by Crippen LogP contribution is 2.32. The van der Waals surface area contributed by atoms with E-state index in [9.17, 15) is 13.2 Å². The maximum atomic E-state index is 13.2. The summed E-state index contributed by atoms with van der Waals surface area (Å²) in [7, 11) is -3.77. The number of carbonyl (C=O) groups is 1. The average molecular weight is 436 g/mol. The van der Waals surface area contributed by atoms with E-state index in [1.165, 1.54) is 21.5 Å². The van der Waals surface area contributed by atoms with Crippen molar-refractivity contribution in [3.05, 3.63) is 41.9 Å². The predicted octanol–water partition coefficient (Wildman–Crippen LogP) is 0.844. The highest BCUT2D eigenvalue weighted by atomic mass is 35.5. The largest absolute Gasteiger partial charge is 0.352 e. The van der Waals surface area contributed by atoms with Crippen LogP contribution in [0, 0.1) is 0 Å². The lowest BCUT2D eigenvalue weighted by molar-refractivity contribution is -0.122. The number of halogens is 1. The van der Waals surface area contributed by atoms with Crippen LogP contribution in [0.3, 0.4) is 0 Å². The van der Waals surface area contributed by atoms with Crippen LogP contribution in [-0.2, 0) is 21.4 Å². The van der Waals surface area contributed by atoms with Gasteiger partial charge in [0.2, 0.25) is 15.9 Å². The van der Waals surface area contributed by atoms with Crippen LogP contribution < -0.4 is 5.32 Å². The Hall–Kier alpha value is -2.63. The maximum Gasteiger partial charge on any atom is 0.243 e. The molecule has 29 heavy (non-hydrogen) atoms. The number of aryl methyl sites for hydroxylation is 1. The molecule has 1 N–H and O–H groups in total. The topological polar surface area (TPSA) is 123 Å². The molecule has 1 fully saturated rings. The van der Waals surface area contributed by atoms with E-state index in [-0.39, 0.29) is 34.8 Å². The Morgan fingerprint density at radius 3 is 2.97 bits per heavy atom. The molecule has 3 heterocycles. The summed E-state index contributed by atoms with van der Waals surface area (Å²) in [6.07, 6.45) is 5.19. The molecule has 10 nitrogen and oxygen atoms in total. The van der Waals surface area contributed by atoms with Gasteiger partial charge in [-0.1, -0.05) is 23.7 Å². The first-order valence-electron chi connectivity index (χ1n) is 8.97. The number of hydrogen-bond donors (Lipinski definition) is 1. The van der Waals surface area contributed by atoms with Crippen molar-refractivity contribution in [1.29, 1.82) is 0 Å². The van der Waals surface area contributed by atoms with Gasteiger partial charge in [-0.2, -0.15) is 4.31 Å². The lowest BCUT2D eigenvalue weighted by Crippen LogP contribution is -2.38. The maximum absolute atomic E-state index is 13.2. The van der Waals surface area contributed by atoms with Crippen molar-refractivity contribution < 1.29 is 13.2 Å². The molecule has 0 bridgehead atoms. The van der Waals surface area contributed by atoms with Gasteiger partial charge in [-0.25, -0.2) is 13.1 Å². The van der Waals surface area contributed by atoms with E-state index in [4.69, 9.17) is 11.6 Å². The van der Waals surface area contributed by atoms with E-state index in [0.29, 0.717) is 30.3 Å². The number of pyridine rings is 1. The molecule has 12 heteroatoms. The number of nitrogens with one attached hydrogen (secondary N) is 1. The predicted molar refractivity (Wildman–Crippen MR) is 104 cm³/mol. The van der Waals surface area contributed by atoms with Crippen molar-refractivity contribution in [1.82, 2.24) is 34.8 Å². The fourth-order valence-electron chi connectivity index (χ4n) is 3.38. The van der Waals surface area contributed by atoms with Gasteiger partial charge in [0.25, 0.3) is 0 Å². The molecule has 0 spiro atoms. The number of rotatable bonds is 6. The summed E-state index contributed by atoms with van der Waals surface area (Å²) in [5.41, 5.74) is 0. The number of nitrogens with zero attached hydrogens (tertiary/aromatic N) is 6. The number of tetrazole rings is 1. The first kappa shape index (κ1) is 19.7. The molecular formula is C17H18ClN7O3S. The Bertz CT molecular complexity index is 1130. The number of aromatic nitrogens is 5. The molecule has 1 aliphatic rings. The molecule has 1 saturated heterocycles. The summed E-state index contributed by atoms with van der Waals surface area (Å²) in [5, 5.41) is 15.0. The first-order chi connectivity index (χ1) is 13.9. The van der Waals surface area contributed by atoms with Crippen LogP contribution in [0.4, 0.5) is 0 Å². The van der Waals surface area contributed by atoms with E-state index in [0.717, 1.165) is 0 Å². The fourth-order valence-corrected chi connectivity index (χ4v) is 5.44. The quantitative estimate of drug-likeness (QED) is 0.608. The molecule has 4 rings (SSSR count). The minimum absolute atomic E-state index is 0.146. The van der Waals surface area contributed by atoms with Crippen LogP contribution in [0.25, 0.3) is 10.8 Å². The molecule has 0 aliphatic carbocycles. The van der Waals surface area contributed by atoms with Gasteiger partial charge in [-0.15, -0.1) is 5.10 Å². The van der Waals surface area contributed by atoms with Crippen molar-refractivity contribution in [2.75, 3.05) is 13.1 Å². The summed E-state index contributed by atoms with van der Waals surface area (Å²) >= 11 is 6.23. The summed E-state index contributed by atoms with van der Waals surface area (Å²) in [6, 6.07) is 4.73. The van der Waals surface area contributed by atoms with Gasteiger partial charge >= 0.3 is 0 Å². The molecular weight excluding hydrogens is 418 g/mol. The van der Waals surface area contributed by atoms with Gasteiger partial charge in [-0.3, -0.25) is 9.78 Å². The van der Waals surface area contributed by atoms with Crippen molar-refractivity contribution in [3.8, 4) is 0 Å². The third-order valence-corrected chi connectivity index (χ3v) is 6.99. The van der Waals surface area contributed by atoms with Crippen LogP contribution in [0.5, 0.6) is 0 Å². The molecule has 2 aromatic heterocycles. The van der Waals surface area contributed by atoms with Crippen molar-refractivity contribution >= 4 is 38.3 Å². The molecule has 0 radical (unpaired) electrons. The van der Waals surface area contributed by atoms with Crippen LogP contribution in [-0.4, -0.2) is 63.0 Å². The highest BCUT2D eigenvalue weighted by molar-refractivity contribution is 7.89. The van der Waals surface area contributed by atoms with Crippen molar-refractivity contribution in [3.63, 3.8) is 0 Å². The average Bonchev–Trinajstić information content (AvgIpc) is 3.38. The van der Waals surface area contributed by atoms with Crippen LogP contribution in [0.1, 0.15) is 12.8 Å². The van der Waals surface area contributed by atoms with Gasteiger partial charge in [0.1, 0.15) is 6.33 Å². The molecule has 1 amide bonds. The van der Waals surface area contributed by atoms with E-state index >= 15 is 0 Å². The number of benzene rings is 1. The second-order valence-corrected chi connectivity index (χ2v) is 9.03. The van der Waals surface area contributed by atoms with Crippen molar-refractivity contribution in [2.45, 2.75) is 30.3 Å². The lowest BCUT2D eigenvalue weighted by atomic mass is 10.2. The SMILES string of the molecule is O=C(CCn1cnnn1)N[C@@H]1CCN(S(=O)(=O)c2cccc3cncc(Cl)c23)C1. The molecule has 152 valence electrons. The van der Waals surface area contributed by atoms with Gasteiger partial charge in [-0.05, 0) is 22.9 Å². The molecule has 1 aliphatic heterocycles. The van der Waals surface area contributed by atoms with Gasteiger partial charge in [0.05, 0.1) is 16.5 Å². The standard InChI is InChI=1S/C17H18ClN7O3S/c18-14-9-19-8-12-2-1-3-15(17(12)14)29(27,28)25-7-4-13(10-25)21-16(26)5-6-24-11-20-22-23-24/h1-3,8-9,11,13H,4-7,10H2,(H,21,26)/t13-/m1/s1. The summed E-state index contributed by atoms with van der Waals surface area (Å²) in [5.74, 6) is -0.177. The smallest absolute Gasteiger partial charge is 0.243 e. The monoisotopic (exact) mass is 435 g/mol. The summed E-state index contributed by atoms with van der Waals surface area (Å²) in [4.78, 5) is 16.3. The summed E-state index contributed by atoms with van der Waals surface area (Å²) < 4.78 is 29.3. The third kappa shape index (κ3) is 4.07. The zero-order valence-corrected chi connectivity index (χ0v) is 16.8. The number of fused-ring (bicyclic) bond motifs is 1. The Morgan fingerprint density at radius 1 is 1.31 bits per heavy atom. The zero-order chi connectivity index (χ0) is 20.4. The lowest BCUT2D eigenvalue weighted by Gasteiger charge is -2.18. The van der Waals surface area contributed by atoms with Crippen LogP contribution in [0.15, 0.2) is 41.8 Å². The van der Waals surface area contributed by atoms with Gasteiger partial charge < -0.3 is 5.32 Å². The van der Waals surface area contributed by atoms with E-state index in [1.807, 2.05) is 0 Å². The molecule has 3 aromatic rings. The normalized spacial score (nSPS) is 17.6. The Labute approximate surface area is 171 Å². The highest BCUT2D eigenvalue weighted by Gasteiger charge is 2.34. The van der Waals surface area contributed by atoms with Gasteiger partial charge in [0, 0.05) is 48.7 Å². The Kier molecular flexibility index (Phi) is 5.43. The number of sulfonamides is 1. The van der Waals surface area contributed by atoms with Crippen LogP contribution >= 0.6 is 11.6 Å². The van der Waals surface area contributed by atoms with Crippen LogP contribution in [0.2, 0.25) is 5.02 Å². The number of carbonyl (C=O) groups excluding carboxylic acids is 1. The third-order valence-electron chi connectivity index (χ3n) is 4.79. The Balaban J connectivity index is 1.45. The molecule has 1 atom stereocenters. The second kappa shape index (κ2) is 8.01.